The van der Waals surface area contributed by atoms with Crippen LogP contribution in [0.5, 0.6) is 5.88 Å². The molecule has 0 bridgehead atoms. The van der Waals surface area contributed by atoms with Crippen LogP contribution in [-0.4, -0.2) is 21.6 Å². The Balaban J connectivity index is 2.30. The lowest BCUT2D eigenvalue weighted by atomic mass is 10.2. The summed E-state index contributed by atoms with van der Waals surface area (Å²) >= 11 is 5.96. The summed E-state index contributed by atoms with van der Waals surface area (Å²) < 4.78 is 20.7. The molecule has 3 aromatic rings. The van der Waals surface area contributed by atoms with E-state index < -0.39 is 0 Å². The number of fused-ring (bicyclic) bond motifs is 1. The van der Waals surface area contributed by atoms with Gasteiger partial charge >= 0.3 is 0 Å². The number of pyridine rings is 1. The summed E-state index contributed by atoms with van der Waals surface area (Å²) in [5.74, 6) is 1.000. The number of benzene rings is 1. The molecule has 6 heteroatoms. The molecule has 0 saturated carbocycles. The largest absolute Gasteiger partial charge is 0.481 e. The molecule has 0 saturated heterocycles. The molecule has 0 aliphatic rings. The molecule has 0 amide bonds. The molecule has 0 radical (unpaired) electrons. The molecule has 1 aromatic carbocycles. The minimum Gasteiger partial charge on any atom is -0.481 e. The molecular weight excluding hydrogens is 293 g/mol. The van der Waals surface area contributed by atoms with Crippen LogP contribution >= 0.6 is 11.6 Å². The van der Waals surface area contributed by atoms with Crippen molar-refractivity contribution in [2.24, 2.45) is 0 Å². The third-order valence-electron chi connectivity index (χ3n) is 3.29. The van der Waals surface area contributed by atoms with Gasteiger partial charge in [-0.1, -0.05) is 6.07 Å². The number of ether oxygens (including phenoxy) is 1. The quantitative estimate of drug-likeness (QED) is 0.694. The number of methoxy groups -OCH3 is 1. The lowest BCUT2D eigenvalue weighted by Crippen LogP contribution is -2.02. The summed E-state index contributed by atoms with van der Waals surface area (Å²) in [7, 11) is 1.54. The molecule has 0 N–H and O–H groups in total. The third-order valence-corrected chi connectivity index (χ3v) is 3.53. The van der Waals surface area contributed by atoms with Crippen LogP contribution in [0.15, 0.2) is 30.3 Å². The fraction of sp³-hybridized carbons (Fsp3) is 0.200. The number of hydrogen-bond donors (Lipinski definition) is 0. The van der Waals surface area contributed by atoms with Crippen molar-refractivity contribution in [3.8, 4) is 11.6 Å². The van der Waals surface area contributed by atoms with E-state index in [1.807, 2.05) is 6.07 Å². The van der Waals surface area contributed by atoms with Crippen molar-refractivity contribution in [3.63, 3.8) is 0 Å². The first kappa shape index (κ1) is 13.8. The number of halogens is 2. The summed E-state index contributed by atoms with van der Waals surface area (Å²) in [6.07, 6.45) is 0. The first-order valence-corrected chi connectivity index (χ1v) is 6.92. The maximum absolute atomic E-state index is 13.8. The second kappa shape index (κ2) is 5.33. The number of rotatable bonds is 3. The number of aryl methyl sites for hydroxylation is 1. The lowest BCUT2D eigenvalue weighted by molar-refractivity contribution is 0.399. The number of aromatic nitrogens is 3. The molecule has 0 spiro atoms. The molecule has 21 heavy (non-hydrogen) atoms. The predicted octanol–water partition coefficient (Wildman–Crippen LogP) is 3.62. The molecule has 108 valence electrons. The second-order valence-electron chi connectivity index (χ2n) is 4.63. The zero-order chi connectivity index (χ0) is 15.0. The Morgan fingerprint density at radius 3 is 2.71 bits per heavy atom. The Morgan fingerprint density at radius 1 is 1.24 bits per heavy atom. The van der Waals surface area contributed by atoms with Gasteiger partial charge in [0, 0.05) is 6.07 Å². The fourth-order valence-electron chi connectivity index (χ4n) is 2.18. The Kier molecular flexibility index (Phi) is 3.51. The number of nitrogens with zero attached hydrogens (tertiary/aromatic N) is 3. The second-order valence-corrected chi connectivity index (χ2v) is 4.89. The molecule has 3 rings (SSSR count). The van der Waals surface area contributed by atoms with Gasteiger partial charge < -0.3 is 4.74 Å². The number of hydrogen-bond acceptors (Lipinski definition) is 3. The van der Waals surface area contributed by atoms with Gasteiger partial charge in [-0.05, 0) is 30.7 Å². The van der Waals surface area contributed by atoms with E-state index in [-0.39, 0.29) is 11.7 Å². The molecule has 0 aliphatic carbocycles. The van der Waals surface area contributed by atoms with Crippen molar-refractivity contribution in [3.05, 3.63) is 47.5 Å². The van der Waals surface area contributed by atoms with Crippen LogP contribution in [-0.2, 0) is 5.88 Å². The molecule has 2 heterocycles. The van der Waals surface area contributed by atoms with E-state index in [0.29, 0.717) is 34.1 Å². The van der Waals surface area contributed by atoms with Crippen molar-refractivity contribution in [2.75, 3.05) is 7.11 Å². The van der Waals surface area contributed by atoms with E-state index in [1.54, 1.807) is 36.8 Å². The van der Waals surface area contributed by atoms with Gasteiger partial charge in [-0.2, -0.15) is 4.98 Å². The molecule has 0 unspecified atom stereocenters. The van der Waals surface area contributed by atoms with Crippen LogP contribution in [0.2, 0.25) is 0 Å². The summed E-state index contributed by atoms with van der Waals surface area (Å²) in [6.45, 7) is 1.72. The Bertz CT molecular complexity index is 816. The van der Waals surface area contributed by atoms with Gasteiger partial charge in [0.05, 0.1) is 18.7 Å². The topological polar surface area (TPSA) is 39.9 Å². The van der Waals surface area contributed by atoms with Crippen molar-refractivity contribution >= 4 is 22.8 Å². The lowest BCUT2D eigenvalue weighted by Gasteiger charge is -2.08. The van der Waals surface area contributed by atoms with Crippen molar-refractivity contribution in [1.29, 1.82) is 0 Å². The SMILES string of the molecule is COc1ccc2nc(CCl)n(-c3ccc(C)c(F)c3)c2n1. The molecule has 0 fully saturated rings. The number of imidazole rings is 1. The van der Waals surface area contributed by atoms with Gasteiger partial charge in [0.2, 0.25) is 5.88 Å². The maximum Gasteiger partial charge on any atom is 0.215 e. The summed E-state index contributed by atoms with van der Waals surface area (Å²) in [4.78, 5) is 8.81. The Hall–Kier alpha value is -2.14. The molecular formula is C15H13ClFN3O. The van der Waals surface area contributed by atoms with E-state index in [4.69, 9.17) is 16.3 Å². The van der Waals surface area contributed by atoms with Gasteiger partial charge in [0.15, 0.2) is 5.65 Å². The Labute approximate surface area is 126 Å². The zero-order valence-electron chi connectivity index (χ0n) is 11.6. The minimum absolute atomic E-state index is 0.203. The van der Waals surface area contributed by atoms with Crippen LogP contribution in [0.1, 0.15) is 11.4 Å². The smallest absolute Gasteiger partial charge is 0.215 e. The van der Waals surface area contributed by atoms with E-state index in [0.717, 1.165) is 0 Å². The highest BCUT2D eigenvalue weighted by molar-refractivity contribution is 6.16. The van der Waals surface area contributed by atoms with Crippen molar-refractivity contribution in [1.82, 2.24) is 14.5 Å². The summed E-state index contributed by atoms with van der Waals surface area (Å²) in [5.41, 5.74) is 2.50. The average molecular weight is 306 g/mol. The van der Waals surface area contributed by atoms with E-state index >= 15 is 0 Å². The van der Waals surface area contributed by atoms with E-state index in [9.17, 15) is 4.39 Å². The third kappa shape index (κ3) is 2.34. The van der Waals surface area contributed by atoms with Crippen LogP contribution < -0.4 is 4.74 Å². The highest BCUT2D eigenvalue weighted by Crippen LogP contribution is 2.24. The zero-order valence-corrected chi connectivity index (χ0v) is 12.4. The minimum atomic E-state index is -0.280. The average Bonchev–Trinajstić information content (AvgIpc) is 2.87. The van der Waals surface area contributed by atoms with Gasteiger partial charge in [0.1, 0.15) is 17.2 Å². The van der Waals surface area contributed by atoms with Crippen LogP contribution in [0.4, 0.5) is 4.39 Å². The molecule has 2 aromatic heterocycles. The highest BCUT2D eigenvalue weighted by Gasteiger charge is 2.14. The summed E-state index contributed by atoms with van der Waals surface area (Å²) in [6, 6.07) is 8.52. The van der Waals surface area contributed by atoms with E-state index in [2.05, 4.69) is 9.97 Å². The van der Waals surface area contributed by atoms with Crippen LogP contribution in [0.25, 0.3) is 16.9 Å². The van der Waals surface area contributed by atoms with E-state index in [1.165, 1.54) is 6.07 Å². The van der Waals surface area contributed by atoms with Gasteiger partial charge in [-0.3, -0.25) is 4.57 Å². The van der Waals surface area contributed by atoms with Gasteiger partial charge in [0.25, 0.3) is 0 Å². The molecule has 4 nitrogen and oxygen atoms in total. The van der Waals surface area contributed by atoms with Crippen LogP contribution in [0, 0.1) is 12.7 Å². The molecule has 0 aliphatic heterocycles. The summed E-state index contributed by atoms with van der Waals surface area (Å²) in [5, 5.41) is 0. The van der Waals surface area contributed by atoms with Crippen molar-refractivity contribution in [2.45, 2.75) is 12.8 Å². The van der Waals surface area contributed by atoms with Crippen LogP contribution in [0.3, 0.4) is 0 Å². The standard InChI is InChI=1S/C15H13ClFN3O/c1-9-3-4-10(7-11(9)17)20-13(8-16)18-12-5-6-14(21-2)19-15(12)20/h3-7H,8H2,1-2H3. The number of alkyl halides is 1. The highest BCUT2D eigenvalue weighted by atomic mass is 35.5. The monoisotopic (exact) mass is 305 g/mol. The van der Waals surface area contributed by atoms with Gasteiger partial charge in [-0.15, -0.1) is 11.6 Å². The Morgan fingerprint density at radius 2 is 2.05 bits per heavy atom. The van der Waals surface area contributed by atoms with Crippen molar-refractivity contribution < 1.29 is 9.13 Å². The van der Waals surface area contributed by atoms with Gasteiger partial charge in [-0.25, -0.2) is 9.37 Å². The maximum atomic E-state index is 13.8. The first-order valence-electron chi connectivity index (χ1n) is 6.39. The normalized spacial score (nSPS) is 11.0. The fourth-order valence-corrected chi connectivity index (χ4v) is 2.36. The molecule has 0 atom stereocenters. The predicted molar refractivity (Wildman–Crippen MR) is 79.7 cm³/mol. The first-order chi connectivity index (χ1) is 10.1.